The summed E-state index contributed by atoms with van der Waals surface area (Å²) in [5, 5.41) is 0. The highest BCUT2D eigenvalue weighted by Gasteiger charge is 2.08. The summed E-state index contributed by atoms with van der Waals surface area (Å²) in [6.45, 7) is 4.30. The van der Waals surface area contributed by atoms with Crippen molar-refractivity contribution in [2.45, 2.75) is 19.8 Å². The number of benzene rings is 1. The zero-order chi connectivity index (χ0) is 10.8. The zero-order valence-electron chi connectivity index (χ0n) is 8.81. The van der Waals surface area contributed by atoms with Gasteiger partial charge in [-0.1, -0.05) is 35.8 Å². The van der Waals surface area contributed by atoms with E-state index in [1.165, 1.54) is 0 Å². The molecule has 0 amide bonds. The first-order valence-electron chi connectivity index (χ1n) is 4.97. The molecule has 0 spiro atoms. The third kappa shape index (κ3) is 2.12. The maximum Gasteiger partial charge on any atom is 0.115 e. The van der Waals surface area contributed by atoms with Crippen LogP contribution in [0.15, 0.2) is 41.1 Å². The number of hydrogen-bond acceptors (Lipinski definition) is 1. The van der Waals surface area contributed by atoms with Crippen molar-refractivity contribution in [3.63, 3.8) is 0 Å². The molecule has 1 aromatic heterocycles. The van der Waals surface area contributed by atoms with E-state index >= 15 is 0 Å². The van der Waals surface area contributed by atoms with Crippen LogP contribution in [0, 0.1) is 0 Å². The van der Waals surface area contributed by atoms with Gasteiger partial charge in [-0.2, -0.15) is 0 Å². The van der Waals surface area contributed by atoms with E-state index in [1.54, 1.807) is 0 Å². The summed E-state index contributed by atoms with van der Waals surface area (Å²) in [5.41, 5.74) is 1.14. The van der Waals surface area contributed by atoms with Gasteiger partial charge < -0.3 is 4.57 Å². The molecule has 0 saturated heterocycles. The van der Waals surface area contributed by atoms with Gasteiger partial charge in [-0.3, -0.25) is 0 Å². The van der Waals surface area contributed by atoms with Gasteiger partial charge in [0.2, 0.25) is 0 Å². The Labute approximate surface area is 98.1 Å². The fourth-order valence-corrected chi connectivity index (χ4v) is 1.97. The predicted octanol–water partition coefficient (Wildman–Crippen LogP) is 3.76. The minimum absolute atomic E-state index is 0.430. The van der Waals surface area contributed by atoms with Gasteiger partial charge in [0.25, 0.3) is 0 Å². The van der Waals surface area contributed by atoms with Crippen molar-refractivity contribution in [3.05, 3.63) is 47.0 Å². The summed E-state index contributed by atoms with van der Waals surface area (Å²) in [6.07, 6.45) is 3.84. The Morgan fingerprint density at radius 3 is 2.80 bits per heavy atom. The largest absolute Gasteiger partial charge is 0.304 e. The van der Waals surface area contributed by atoms with E-state index in [4.69, 9.17) is 0 Å². The van der Waals surface area contributed by atoms with Gasteiger partial charge >= 0.3 is 0 Å². The third-order valence-corrected chi connectivity index (χ3v) is 2.77. The molecule has 0 aliphatic rings. The molecule has 78 valence electrons. The number of imidazole rings is 1. The minimum atomic E-state index is 0.430. The third-order valence-electron chi connectivity index (χ3n) is 2.27. The second-order valence-electron chi connectivity index (χ2n) is 3.79. The second-order valence-corrected chi connectivity index (χ2v) is 4.71. The van der Waals surface area contributed by atoms with Crippen molar-refractivity contribution < 1.29 is 0 Å². The molecule has 2 rings (SSSR count). The maximum atomic E-state index is 4.37. The van der Waals surface area contributed by atoms with Gasteiger partial charge in [0.05, 0.1) is 0 Å². The highest BCUT2D eigenvalue weighted by molar-refractivity contribution is 9.10. The lowest BCUT2D eigenvalue weighted by atomic mass is 10.2. The van der Waals surface area contributed by atoms with Gasteiger partial charge in [-0.25, -0.2) is 4.98 Å². The van der Waals surface area contributed by atoms with Crippen LogP contribution in [-0.2, 0) is 0 Å². The Morgan fingerprint density at radius 2 is 2.13 bits per heavy atom. The van der Waals surface area contributed by atoms with Crippen LogP contribution in [0.2, 0.25) is 0 Å². The highest BCUT2D eigenvalue weighted by Crippen LogP contribution is 2.20. The molecule has 0 N–H and O–H groups in total. The lowest BCUT2D eigenvalue weighted by Gasteiger charge is -2.10. The van der Waals surface area contributed by atoms with Crippen molar-refractivity contribution in [1.29, 1.82) is 0 Å². The van der Waals surface area contributed by atoms with E-state index in [0.717, 1.165) is 16.0 Å². The lowest BCUT2D eigenvalue weighted by Crippen LogP contribution is -2.01. The lowest BCUT2D eigenvalue weighted by molar-refractivity contribution is 0.752. The van der Waals surface area contributed by atoms with Crippen LogP contribution >= 0.6 is 15.9 Å². The molecule has 0 unspecified atom stereocenters. The van der Waals surface area contributed by atoms with Crippen LogP contribution in [0.1, 0.15) is 25.6 Å². The molecule has 0 radical (unpaired) electrons. The Balaban J connectivity index is 2.49. The molecule has 2 aromatic rings. The van der Waals surface area contributed by atoms with E-state index in [1.807, 2.05) is 24.5 Å². The summed E-state index contributed by atoms with van der Waals surface area (Å²) in [5.74, 6) is 1.52. The van der Waals surface area contributed by atoms with Gasteiger partial charge in [0.15, 0.2) is 0 Å². The quantitative estimate of drug-likeness (QED) is 0.808. The molecular formula is C12H13BrN2. The molecule has 1 aromatic carbocycles. The van der Waals surface area contributed by atoms with Crippen molar-refractivity contribution in [2.75, 3.05) is 0 Å². The molecule has 2 nitrogen and oxygen atoms in total. The number of hydrogen-bond donors (Lipinski definition) is 0. The van der Waals surface area contributed by atoms with E-state index in [0.29, 0.717) is 5.92 Å². The Morgan fingerprint density at radius 1 is 1.33 bits per heavy atom. The number of halogens is 1. The van der Waals surface area contributed by atoms with Gasteiger partial charge in [0, 0.05) is 28.5 Å². The number of rotatable bonds is 2. The van der Waals surface area contributed by atoms with Crippen LogP contribution in [0.5, 0.6) is 0 Å². The Bertz CT molecular complexity index is 460. The average Bonchev–Trinajstić information content (AvgIpc) is 2.65. The maximum absolute atomic E-state index is 4.37. The predicted molar refractivity (Wildman–Crippen MR) is 65.4 cm³/mol. The van der Waals surface area contributed by atoms with E-state index in [-0.39, 0.29) is 0 Å². The molecule has 3 heteroatoms. The van der Waals surface area contributed by atoms with Gasteiger partial charge in [-0.15, -0.1) is 0 Å². The fourth-order valence-electron chi connectivity index (χ4n) is 1.59. The van der Waals surface area contributed by atoms with E-state index in [2.05, 4.69) is 51.5 Å². The molecule has 0 aliphatic carbocycles. The Hall–Kier alpha value is -1.09. The SMILES string of the molecule is CC(C)c1nccn1-c1cccc(Br)c1. The molecule has 15 heavy (non-hydrogen) atoms. The topological polar surface area (TPSA) is 17.8 Å². The molecule has 0 saturated carbocycles. The van der Waals surface area contributed by atoms with Crippen LogP contribution in [-0.4, -0.2) is 9.55 Å². The van der Waals surface area contributed by atoms with E-state index < -0.39 is 0 Å². The van der Waals surface area contributed by atoms with Crippen LogP contribution < -0.4 is 0 Å². The first kappa shape index (κ1) is 10.4. The standard InChI is InChI=1S/C12H13BrN2/c1-9(2)12-14-6-7-15(12)11-5-3-4-10(13)8-11/h3-9H,1-2H3. The minimum Gasteiger partial charge on any atom is -0.304 e. The first-order valence-corrected chi connectivity index (χ1v) is 5.77. The van der Waals surface area contributed by atoms with Crippen molar-refractivity contribution in [3.8, 4) is 5.69 Å². The fraction of sp³-hybridized carbons (Fsp3) is 0.250. The summed E-state index contributed by atoms with van der Waals surface area (Å²) in [7, 11) is 0. The Kier molecular flexibility index (Phi) is 2.91. The molecule has 0 atom stereocenters. The summed E-state index contributed by atoms with van der Waals surface area (Å²) >= 11 is 3.48. The molecular weight excluding hydrogens is 252 g/mol. The van der Waals surface area contributed by atoms with Gasteiger partial charge in [0.1, 0.15) is 5.82 Å². The highest BCUT2D eigenvalue weighted by atomic mass is 79.9. The summed E-state index contributed by atoms with van der Waals surface area (Å²) in [6, 6.07) is 8.23. The van der Waals surface area contributed by atoms with E-state index in [9.17, 15) is 0 Å². The van der Waals surface area contributed by atoms with Crippen LogP contribution in [0.25, 0.3) is 5.69 Å². The monoisotopic (exact) mass is 264 g/mol. The van der Waals surface area contributed by atoms with Crippen molar-refractivity contribution in [2.24, 2.45) is 0 Å². The zero-order valence-corrected chi connectivity index (χ0v) is 10.4. The first-order chi connectivity index (χ1) is 7.18. The molecule has 1 heterocycles. The van der Waals surface area contributed by atoms with Crippen molar-refractivity contribution in [1.82, 2.24) is 9.55 Å². The van der Waals surface area contributed by atoms with Gasteiger partial charge in [-0.05, 0) is 18.2 Å². The number of nitrogens with zero attached hydrogens (tertiary/aromatic N) is 2. The molecule has 0 aliphatic heterocycles. The van der Waals surface area contributed by atoms with Crippen molar-refractivity contribution >= 4 is 15.9 Å². The number of aromatic nitrogens is 2. The molecule has 0 bridgehead atoms. The second kappa shape index (κ2) is 4.19. The normalized spacial score (nSPS) is 10.9. The summed E-state index contributed by atoms with van der Waals surface area (Å²) < 4.78 is 3.21. The van der Waals surface area contributed by atoms with Crippen LogP contribution in [0.3, 0.4) is 0 Å². The molecule has 0 fully saturated rings. The van der Waals surface area contributed by atoms with Crippen LogP contribution in [0.4, 0.5) is 0 Å². The summed E-state index contributed by atoms with van der Waals surface area (Å²) in [4.78, 5) is 4.37. The smallest absolute Gasteiger partial charge is 0.115 e. The average molecular weight is 265 g/mol.